The molecule has 0 spiro atoms. The fraction of sp³-hybridized carbons (Fsp3) is 0.400. The zero-order valence-corrected chi connectivity index (χ0v) is 20.3. The predicted molar refractivity (Wildman–Crippen MR) is 135 cm³/mol. The number of fused-ring (bicyclic) bond motifs is 1. The Morgan fingerprint density at radius 1 is 0.971 bits per heavy atom. The predicted octanol–water partition coefficient (Wildman–Crippen LogP) is 2.81. The fourth-order valence-electron chi connectivity index (χ4n) is 4.95. The van der Waals surface area contributed by atoms with Gasteiger partial charge < -0.3 is 9.80 Å². The largest absolute Gasteiger partial charge is 0.355 e. The van der Waals surface area contributed by atoms with Crippen LogP contribution >= 0.6 is 11.3 Å². The van der Waals surface area contributed by atoms with Gasteiger partial charge in [0, 0.05) is 62.7 Å². The molecule has 0 N–H and O–H groups in total. The van der Waals surface area contributed by atoms with E-state index in [4.69, 9.17) is 4.98 Å². The lowest BCUT2D eigenvalue weighted by Gasteiger charge is -2.38. The van der Waals surface area contributed by atoms with Crippen molar-refractivity contribution in [3.63, 3.8) is 0 Å². The number of piperazine rings is 1. The van der Waals surface area contributed by atoms with Gasteiger partial charge in [-0.1, -0.05) is 30.3 Å². The fourth-order valence-corrected chi connectivity index (χ4v) is 5.77. The van der Waals surface area contributed by atoms with Crippen molar-refractivity contribution in [1.29, 1.82) is 0 Å². The molecule has 0 radical (unpaired) electrons. The molecule has 2 fully saturated rings. The minimum Gasteiger partial charge on any atom is -0.355 e. The summed E-state index contributed by atoms with van der Waals surface area (Å²) < 4.78 is 1.69. The molecule has 35 heavy (non-hydrogen) atoms. The van der Waals surface area contributed by atoms with Gasteiger partial charge in [0.2, 0.25) is 5.91 Å². The van der Waals surface area contributed by atoms with E-state index in [-0.39, 0.29) is 5.92 Å². The monoisotopic (exact) mass is 488 g/mol. The van der Waals surface area contributed by atoms with E-state index in [0.717, 1.165) is 80.8 Å². The van der Waals surface area contributed by atoms with Gasteiger partial charge in [-0.2, -0.15) is 4.52 Å². The number of anilines is 1. The molecule has 0 saturated carbocycles. The number of aromatic nitrogens is 5. The first-order chi connectivity index (χ1) is 17.2. The molecule has 0 unspecified atom stereocenters. The van der Waals surface area contributed by atoms with E-state index in [1.165, 1.54) is 5.56 Å². The van der Waals surface area contributed by atoms with E-state index in [2.05, 4.69) is 47.5 Å². The zero-order valence-electron chi connectivity index (χ0n) is 19.5. The number of benzene rings is 1. The second kappa shape index (κ2) is 9.71. The molecule has 9 nitrogen and oxygen atoms in total. The molecule has 0 atom stereocenters. The van der Waals surface area contributed by atoms with Crippen LogP contribution in [0.15, 0.2) is 54.2 Å². The van der Waals surface area contributed by atoms with E-state index in [1.807, 2.05) is 30.3 Å². The van der Waals surface area contributed by atoms with Gasteiger partial charge in [-0.25, -0.2) is 4.98 Å². The Kier molecular flexibility index (Phi) is 6.13. The summed E-state index contributed by atoms with van der Waals surface area (Å²) in [5.74, 6) is 1.32. The van der Waals surface area contributed by atoms with E-state index >= 15 is 0 Å². The smallest absolute Gasteiger partial charge is 0.225 e. The van der Waals surface area contributed by atoms with Crippen LogP contribution in [0.3, 0.4) is 0 Å². The van der Waals surface area contributed by atoms with Crippen molar-refractivity contribution >= 4 is 28.7 Å². The molecule has 2 saturated heterocycles. The van der Waals surface area contributed by atoms with Crippen molar-refractivity contribution < 1.29 is 4.79 Å². The molecule has 6 rings (SSSR count). The van der Waals surface area contributed by atoms with Gasteiger partial charge in [0.05, 0.1) is 5.69 Å². The highest BCUT2D eigenvalue weighted by Crippen LogP contribution is 2.26. The summed E-state index contributed by atoms with van der Waals surface area (Å²) in [6, 6.07) is 14.2. The van der Waals surface area contributed by atoms with Gasteiger partial charge in [0.25, 0.3) is 0 Å². The lowest BCUT2D eigenvalue weighted by atomic mass is 9.95. The van der Waals surface area contributed by atoms with Crippen LogP contribution in [0, 0.1) is 5.92 Å². The SMILES string of the molecule is O=C(C1CCN(c2ccc3nncn3n2)CC1)N1CCN(Cc2csc(-c3ccccc3)n2)CC1. The quantitative estimate of drug-likeness (QED) is 0.427. The molecular formula is C25H28N8OS. The number of amides is 1. The summed E-state index contributed by atoms with van der Waals surface area (Å²) in [5, 5.41) is 15.7. The van der Waals surface area contributed by atoms with Crippen molar-refractivity contribution in [2.45, 2.75) is 19.4 Å². The van der Waals surface area contributed by atoms with Crippen LogP contribution in [0.2, 0.25) is 0 Å². The molecule has 5 heterocycles. The molecule has 180 valence electrons. The molecule has 0 aliphatic carbocycles. The number of nitrogens with zero attached hydrogens (tertiary/aromatic N) is 8. The second-order valence-electron chi connectivity index (χ2n) is 9.20. The standard InChI is InChI=1S/C25H28N8OS/c34-25(20-8-10-31(11-9-20)23-7-6-22-28-26-18-33(22)29-23)32-14-12-30(13-15-32)16-21-17-35-24(27-21)19-4-2-1-3-5-19/h1-7,17-18,20H,8-16H2. The van der Waals surface area contributed by atoms with Crippen LogP contribution in [0.5, 0.6) is 0 Å². The Bertz CT molecular complexity index is 1290. The van der Waals surface area contributed by atoms with Crippen molar-refractivity contribution in [3.05, 3.63) is 59.9 Å². The average Bonchev–Trinajstić information content (AvgIpc) is 3.59. The minimum absolute atomic E-state index is 0.100. The summed E-state index contributed by atoms with van der Waals surface area (Å²) in [5.41, 5.74) is 3.02. The third-order valence-corrected chi connectivity index (χ3v) is 7.90. The first-order valence-corrected chi connectivity index (χ1v) is 13.0. The van der Waals surface area contributed by atoms with Crippen molar-refractivity contribution in [2.75, 3.05) is 44.2 Å². The van der Waals surface area contributed by atoms with Crippen molar-refractivity contribution in [3.8, 4) is 10.6 Å². The highest BCUT2D eigenvalue weighted by Gasteiger charge is 2.31. The summed E-state index contributed by atoms with van der Waals surface area (Å²) in [6.07, 6.45) is 3.34. The second-order valence-corrected chi connectivity index (χ2v) is 10.1. The Morgan fingerprint density at radius 2 is 1.77 bits per heavy atom. The van der Waals surface area contributed by atoms with Gasteiger partial charge in [-0.05, 0) is 25.0 Å². The molecule has 3 aromatic heterocycles. The van der Waals surface area contributed by atoms with Gasteiger partial charge in [0.1, 0.15) is 17.2 Å². The molecule has 1 aromatic carbocycles. The molecule has 0 bridgehead atoms. The molecule has 10 heteroatoms. The van der Waals surface area contributed by atoms with Crippen LogP contribution in [0.25, 0.3) is 16.2 Å². The topological polar surface area (TPSA) is 82.8 Å². The number of carbonyl (C=O) groups is 1. The molecule has 4 aromatic rings. The first-order valence-electron chi connectivity index (χ1n) is 12.2. The zero-order chi connectivity index (χ0) is 23.6. The van der Waals surface area contributed by atoms with E-state index in [9.17, 15) is 4.79 Å². The summed E-state index contributed by atoms with van der Waals surface area (Å²) in [4.78, 5) is 24.7. The maximum absolute atomic E-state index is 13.2. The molecule has 2 aliphatic heterocycles. The molecular weight excluding hydrogens is 460 g/mol. The number of hydrogen-bond donors (Lipinski definition) is 0. The summed E-state index contributed by atoms with van der Waals surface area (Å²) >= 11 is 1.70. The van der Waals surface area contributed by atoms with Crippen LogP contribution in [0.1, 0.15) is 18.5 Å². The van der Waals surface area contributed by atoms with Gasteiger partial charge >= 0.3 is 0 Å². The Hall–Kier alpha value is -3.37. The summed E-state index contributed by atoms with van der Waals surface area (Å²) in [7, 11) is 0. The van der Waals surface area contributed by atoms with Crippen LogP contribution in [0.4, 0.5) is 5.82 Å². The van der Waals surface area contributed by atoms with Crippen molar-refractivity contribution in [2.24, 2.45) is 5.92 Å². The maximum Gasteiger partial charge on any atom is 0.225 e. The summed E-state index contributed by atoms with van der Waals surface area (Å²) in [6.45, 7) is 5.89. The van der Waals surface area contributed by atoms with Crippen LogP contribution in [-0.4, -0.2) is 79.8 Å². The lowest BCUT2D eigenvalue weighted by molar-refractivity contribution is -0.138. The lowest BCUT2D eigenvalue weighted by Crippen LogP contribution is -2.51. The normalized spacial score (nSPS) is 17.8. The van der Waals surface area contributed by atoms with E-state index in [0.29, 0.717) is 5.91 Å². The van der Waals surface area contributed by atoms with E-state index in [1.54, 1.807) is 22.2 Å². The van der Waals surface area contributed by atoms with Gasteiger partial charge in [-0.3, -0.25) is 9.69 Å². The number of piperidine rings is 1. The number of carbonyl (C=O) groups excluding carboxylic acids is 1. The third kappa shape index (κ3) is 4.76. The Labute approximate surface area is 208 Å². The highest BCUT2D eigenvalue weighted by molar-refractivity contribution is 7.13. The maximum atomic E-state index is 13.2. The minimum atomic E-state index is 0.100. The van der Waals surface area contributed by atoms with Gasteiger partial charge in [0.15, 0.2) is 5.65 Å². The van der Waals surface area contributed by atoms with Crippen molar-refractivity contribution in [1.82, 2.24) is 34.6 Å². The number of thiazole rings is 1. The van der Waals surface area contributed by atoms with Gasteiger partial charge in [-0.15, -0.1) is 26.6 Å². The first kappa shape index (κ1) is 22.1. The number of hydrogen-bond acceptors (Lipinski definition) is 8. The van der Waals surface area contributed by atoms with E-state index < -0.39 is 0 Å². The highest BCUT2D eigenvalue weighted by atomic mass is 32.1. The van der Waals surface area contributed by atoms with Crippen LogP contribution < -0.4 is 4.90 Å². The molecule has 2 aliphatic rings. The van der Waals surface area contributed by atoms with Crippen LogP contribution in [-0.2, 0) is 11.3 Å². The average molecular weight is 489 g/mol. The Balaban J connectivity index is 0.985. The Morgan fingerprint density at radius 3 is 2.57 bits per heavy atom. The molecule has 1 amide bonds. The number of rotatable bonds is 5. The third-order valence-electron chi connectivity index (χ3n) is 6.96.